The monoisotopic (exact) mass is 497 g/mol. The van der Waals surface area contributed by atoms with Crippen molar-refractivity contribution >= 4 is 29.9 Å². The van der Waals surface area contributed by atoms with E-state index in [1.165, 1.54) is 18.4 Å². The molecule has 6 nitrogen and oxygen atoms in total. The van der Waals surface area contributed by atoms with Gasteiger partial charge in [0.2, 0.25) is 0 Å². The van der Waals surface area contributed by atoms with E-state index in [4.69, 9.17) is 4.74 Å². The van der Waals surface area contributed by atoms with Crippen LogP contribution in [0.3, 0.4) is 0 Å². The summed E-state index contributed by atoms with van der Waals surface area (Å²) in [5.41, 5.74) is 2.35. The second-order valence-corrected chi connectivity index (χ2v) is 7.03. The smallest absolute Gasteiger partial charge is 0.191 e. The number of aliphatic imine (C=N–C) groups is 1. The van der Waals surface area contributed by atoms with Crippen molar-refractivity contribution in [3.05, 3.63) is 53.9 Å². The number of benzene rings is 1. The first-order valence-electron chi connectivity index (χ1n) is 9.98. The summed E-state index contributed by atoms with van der Waals surface area (Å²) >= 11 is 0. The number of rotatable bonds is 11. The fraction of sp³-hybridized carbons (Fsp3) is 0.524. The Morgan fingerprint density at radius 3 is 2.79 bits per heavy atom. The molecule has 0 spiro atoms. The van der Waals surface area contributed by atoms with Crippen LogP contribution in [0, 0.1) is 5.92 Å². The fourth-order valence-corrected chi connectivity index (χ4v) is 2.77. The lowest BCUT2D eigenvalue weighted by Gasteiger charge is -2.11. The highest BCUT2D eigenvalue weighted by molar-refractivity contribution is 14.0. The molecule has 0 unspecified atom stereocenters. The van der Waals surface area contributed by atoms with Gasteiger partial charge in [0.25, 0.3) is 0 Å². The van der Waals surface area contributed by atoms with E-state index in [0.29, 0.717) is 6.54 Å². The van der Waals surface area contributed by atoms with Gasteiger partial charge in [-0.1, -0.05) is 30.3 Å². The minimum Gasteiger partial charge on any atom is -0.381 e. The Morgan fingerprint density at radius 1 is 1.21 bits per heavy atom. The van der Waals surface area contributed by atoms with Crippen LogP contribution in [-0.4, -0.2) is 42.0 Å². The summed E-state index contributed by atoms with van der Waals surface area (Å²) in [7, 11) is 0. The van der Waals surface area contributed by atoms with Crippen LogP contribution in [0.5, 0.6) is 0 Å². The summed E-state index contributed by atoms with van der Waals surface area (Å²) in [6, 6.07) is 10.4. The molecule has 1 aromatic heterocycles. The molecule has 2 N–H and O–H groups in total. The van der Waals surface area contributed by atoms with E-state index >= 15 is 0 Å². The van der Waals surface area contributed by atoms with Crippen molar-refractivity contribution in [3.8, 4) is 0 Å². The molecule has 154 valence electrons. The van der Waals surface area contributed by atoms with E-state index in [1.54, 1.807) is 0 Å². The SMILES string of the molecule is CCNC(=NCc1cnn(Cc2ccccc2)c1)NCCCOCC1CC1.I. The van der Waals surface area contributed by atoms with Crippen molar-refractivity contribution in [2.75, 3.05) is 26.3 Å². The van der Waals surface area contributed by atoms with Gasteiger partial charge in [0.15, 0.2) is 5.96 Å². The standard InChI is InChI=1S/C21H31N5O.HI/c1-2-22-21(23-11-6-12-27-17-19-9-10-19)24-13-20-14-25-26(16-20)15-18-7-4-3-5-8-18;/h3-5,7-8,14,16,19H,2,6,9-13,15,17H2,1H3,(H2,22,23,24);1H. The number of ether oxygens (including phenoxy) is 1. The van der Waals surface area contributed by atoms with Crippen molar-refractivity contribution < 1.29 is 4.74 Å². The van der Waals surface area contributed by atoms with Crippen molar-refractivity contribution in [2.45, 2.75) is 39.3 Å². The van der Waals surface area contributed by atoms with Crippen molar-refractivity contribution in [2.24, 2.45) is 10.9 Å². The van der Waals surface area contributed by atoms with E-state index in [9.17, 15) is 0 Å². The van der Waals surface area contributed by atoms with Gasteiger partial charge in [-0.2, -0.15) is 5.10 Å². The third kappa shape index (κ3) is 8.60. The molecule has 3 rings (SSSR count). The minimum atomic E-state index is 0. The highest BCUT2D eigenvalue weighted by Gasteiger charge is 2.20. The maximum absolute atomic E-state index is 5.67. The summed E-state index contributed by atoms with van der Waals surface area (Å²) < 4.78 is 7.63. The molecule has 2 aromatic rings. The molecule has 7 heteroatoms. The van der Waals surface area contributed by atoms with Gasteiger partial charge in [-0.3, -0.25) is 4.68 Å². The van der Waals surface area contributed by atoms with Gasteiger partial charge in [0, 0.05) is 38.1 Å². The Morgan fingerprint density at radius 2 is 2.04 bits per heavy atom. The minimum absolute atomic E-state index is 0. The molecular weight excluding hydrogens is 465 g/mol. The zero-order valence-electron chi connectivity index (χ0n) is 16.6. The molecule has 0 aliphatic heterocycles. The van der Waals surface area contributed by atoms with E-state index in [1.807, 2.05) is 16.9 Å². The highest BCUT2D eigenvalue weighted by Crippen LogP contribution is 2.28. The van der Waals surface area contributed by atoms with Crippen molar-refractivity contribution in [1.82, 2.24) is 20.4 Å². The molecule has 1 aromatic carbocycles. The lowest BCUT2D eigenvalue weighted by molar-refractivity contribution is 0.123. The predicted molar refractivity (Wildman–Crippen MR) is 124 cm³/mol. The van der Waals surface area contributed by atoms with Crippen molar-refractivity contribution in [3.63, 3.8) is 0 Å². The van der Waals surface area contributed by atoms with Crippen LogP contribution >= 0.6 is 24.0 Å². The molecule has 1 heterocycles. The number of halogens is 1. The largest absolute Gasteiger partial charge is 0.381 e. The average Bonchev–Trinajstić information content (AvgIpc) is 3.41. The van der Waals surface area contributed by atoms with Gasteiger partial charge in [-0.25, -0.2) is 4.99 Å². The van der Waals surface area contributed by atoms with Gasteiger partial charge < -0.3 is 15.4 Å². The summed E-state index contributed by atoms with van der Waals surface area (Å²) in [5.74, 6) is 1.68. The molecule has 1 saturated carbocycles. The fourth-order valence-electron chi connectivity index (χ4n) is 2.77. The van der Waals surface area contributed by atoms with Crippen molar-refractivity contribution in [1.29, 1.82) is 0 Å². The molecule has 0 amide bonds. The number of nitrogens with zero attached hydrogens (tertiary/aromatic N) is 3. The Hall–Kier alpha value is -1.61. The first-order valence-corrected chi connectivity index (χ1v) is 9.98. The summed E-state index contributed by atoms with van der Waals surface area (Å²) in [5, 5.41) is 11.1. The third-order valence-electron chi connectivity index (χ3n) is 4.45. The van der Waals surface area contributed by atoms with E-state index < -0.39 is 0 Å². The molecular formula is C21H32IN5O. The summed E-state index contributed by atoms with van der Waals surface area (Å²) in [6.07, 6.45) is 7.63. The van der Waals surface area contributed by atoms with E-state index in [-0.39, 0.29) is 24.0 Å². The number of aromatic nitrogens is 2. The zero-order chi connectivity index (χ0) is 18.7. The first-order chi connectivity index (χ1) is 13.3. The van der Waals surface area contributed by atoms with Gasteiger partial charge >= 0.3 is 0 Å². The normalized spacial score (nSPS) is 13.8. The Bertz CT molecular complexity index is 700. The number of hydrogen-bond donors (Lipinski definition) is 2. The number of hydrogen-bond acceptors (Lipinski definition) is 3. The Balaban J connectivity index is 0.00000280. The molecule has 0 radical (unpaired) electrons. The molecule has 28 heavy (non-hydrogen) atoms. The van der Waals surface area contributed by atoms with Crippen LogP contribution in [-0.2, 0) is 17.8 Å². The molecule has 1 aliphatic carbocycles. The molecule has 1 aliphatic rings. The molecule has 0 atom stereocenters. The number of guanidine groups is 1. The third-order valence-corrected chi connectivity index (χ3v) is 4.45. The van der Waals surface area contributed by atoms with Gasteiger partial charge in [-0.05, 0) is 37.7 Å². The maximum Gasteiger partial charge on any atom is 0.191 e. The highest BCUT2D eigenvalue weighted by atomic mass is 127. The lowest BCUT2D eigenvalue weighted by Crippen LogP contribution is -2.38. The average molecular weight is 497 g/mol. The second kappa shape index (κ2) is 12.8. The first kappa shape index (κ1) is 22.7. The lowest BCUT2D eigenvalue weighted by atomic mass is 10.2. The van der Waals surface area contributed by atoms with Crippen LogP contribution in [0.1, 0.15) is 37.3 Å². The summed E-state index contributed by atoms with van der Waals surface area (Å²) in [4.78, 5) is 4.66. The topological polar surface area (TPSA) is 63.5 Å². The van der Waals surface area contributed by atoms with Gasteiger partial charge in [0.1, 0.15) is 0 Å². The van der Waals surface area contributed by atoms with Crippen LogP contribution < -0.4 is 10.6 Å². The maximum atomic E-state index is 5.67. The quantitative estimate of drug-likeness (QED) is 0.216. The zero-order valence-corrected chi connectivity index (χ0v) is 19.0. The van der Waals surface area contributed by atoms with Gasteiger partial charge in [0.05, 0.1) is 19.3 Å². The van der Waals surface area contributed by atoms with Crippen LogP contribution in [0.25, 0.3) is 0 Å². The Labute approximate surface area is 185 Å². The summed E-state index contributed by atoms with van der Waals surface area (Å²) in [6.45, 7) is 6.93. The van der Waals surface area contributed by atoms with Crippen LogP contribution in [0.4, 0.5) is 0 Å². The second-order valence-electron chi connectivity index (χ2n) is 7.03. The van der Waals surface area contributed by atoms with Gasteiger partial charge in [-0.15, -0.1) is 24.0 Å². The molecule has 1 fully saturated rings. The predicted octanol–water partition coefficient (Wildman–Crippen LogP) is 3.42. The van der Waals surface area contributed by atoms with E-state index in [2.05, 4.69) is 58.1 Å². The Kier molecular flexibility index (Phi) is 10.3. The molecule has 0 bridgehead atoms. The molecule has 0 saturated heterocycles. The number of nitrogens with one attached hydrogen (secondary N) is 2. The van der Waals surface area contributed by atoms with Crippen LogP contribution in [0.2, 0.25) is 0 Å². The van der Waals surface area contributed by atoms with Crippen LogP contribution in [0.15, 0.2) is 47.7 Å². The van der Waals surface area contributed by atoms with E-state index in [0.717, 1.165) is 56.7 Å².